The number of rotatable bonds is 2. The summed E-state index contributed by atoms with van der Waals surface area (Å²) in [6.45, 7) is 7.20. The maximum absolute atomic E-state index is 11.1. The maximum Gasteiger partial charge on any atom is 0.230 e. The van der Waals surface area contributed by atoms with Crippen LogP contribution in [0, 0.1) is 0 Å². The Morgan fingerprint density at radius 3 is 1.87 bits per heavy atom. The molecule has 0 aromatic carbocycles. The monoisotopic (exact) mass is 213 g/mol. The van der Waals surface area contributed by atoms with Crippen LogP contribution in [-0.4, -0.2) is 28.5 Å². The van der Waals surface area contributed by atoms with Gasteiger partial charge in [0.05, 0.1) is 6.04 Å². The Labute approximate surface area is 90.6 Å². The van der Waals surface area contributed by atoms with E-state index in [-0.39, 0.29) is 30.4 Å². The highest BCUT2D eigenvalue weighted by molar-refractivity contribution is 6.05. The van der Waals surface area contributed by atoms with Gasteiger partial charge in [-0.25, -0.2) is 0 Å². The van der Waals surface area contributed by atoms with Crippen molar-refractivity contribution in [1.82, 2.24) is 4.90 Å². The summed E-state index contributed by atoms with van der Waals surface area (Å²) in [7, 11) is 0. The summed E-state index contributed by atoms with van der Waals surface area (Å²) in [6.07, 6.45) is 1.74. The lowest BCUT2D eigenvalue weighted by atomic mass is 10.2. The second kappa shape index (κ2) is 6.32. The van der Waals surface area contributed by atoms with Gasteiger partial charge in [-0.1, -0.05) is 20.3 Å². The first-order chi connectivity index (χ1) is 6.95. The van der Waals surface area contributed by atoms with Crippen LogP contribution in [0.2, 0.25) is 0 Å². The average Bonchev–Trinajstić information content (AvgIpc) is 2.46. The van der Waals surface area contributed by atoms with Gasteiger partial charge in [-0.2, -0.15) is 0 Å². The van der Waals surface area contributed by atoms with Crippen LogP contribution in [0.3, 0.4) is 0 Å². The summed E-state index contributed by atoms with van der Waals surface area (Å²) in [5, 5.41) is 0. The molecule has 1 saturated heterocycles. The number of hydrogen-bond donors (Lipinski definition) is 0. The zero-order valence-electron chi connectivity index (χ0n) is 9.87. The van der Waals surface area contributed by atoms with Gasteiger partial charge >= 0.3 is 0 Å². The summed E-state index contributed by atoms with van der Waals surface area (Å²) in [6, 6.07) is -0.590. The number of Topliss-reactive ketones (excluding diaryl/α,β-unsaturated/α-hetero) is 1. The Morgan fingerprint density at radius 2 is 1.60 bits per heavy atom. The molecule has 0 saturated carbocycles. The molecular weight excluding hydrogens is 194 g/mol. The molecular formula is C11H19NO3. The average molecular weight is 213 g/mol. The van der Waals surface area contributed by atoms with Gasteiger partial charge in [-0.05, 0) is 13.8 Å². The molecule has 0 radical (unpaired) electrons. The molecule has 0 aromatic rings. The van der Waals surface area contributed by atoms with Crippen molar-refractivity contribution in [2.75, 3.05) is 0 Å². The predicted molar refractivity (Wildman–Crippen MR) is 57.2 cm³/mol. The first kappa shape index (κ1) is 13.8. The fraction of sp³-hybridized carbons (Fsp3) is 0.727. The Kier molecular flexibility index (Phi) is 5.82. The van der Waals surface area contributed by atoms with E-state index in [1.807, 2.05) is 0 Å². The van der Waals surface area contributed by atoms with Gasteiger partial charge < -0.3 is 0 Å². The van der Waals surface area contributed by atoms with E-state index in [0.717, 1.165) is 4.90 Å². The van der Waals surface area contributed by atoms with E-state index in [1.54, 1.807) is 6.92 Å². The van der Waals surface area contributed by atoms with Gasteiger partial charge in [0, 0.05) is 12.8 Å². The number of carbonyl (C=O) groups is 3. The highest BCUT2D eigenvalue weighted by Crippen LogP contribution is 2.15. The minimum Gasteiger partial charge on any atom is -0.298 e. The third kappa shape index (κ3) is 3.81. The first-order valence-electron chi connectivity index (χ1n) is 5.31. The smallest absolute Gasteiger partial charge is 0.230 e. The van der Waals surface area contributed by atoms with Gasteiger partial charge in [0.1, 0.15) is 0 Å². The van der Waals surface area contributed by atoms with Crippen LogP contribution in [0.4, 0.5) is 0 Å². The van der Waals surface area contributed by atoms with E-state index >= 15 is 0 Å². The van der Waals surface area contributed by atoms with Crippen LogP contribution in [-0.2, 0) is 14.4 Å². The molecule has 1 rings (SSSR count). The van der Waals surface area contributed by atoms with Gasteiger partial charge in [0.15, 0.2) is 5.78 Å². The summed E-state index contributed by atoms with van der Waals surface area (Å²) in [5.41, 5.74) is 0. The van der Waals surface area contributed by atoms with Crippen LogP contribution < -0.4 is 0 Å². The highest BCUT2D eigenvalue weighted by Gasteiger charge is 2.34. The van der Waals surface area contributed by atoms with Crippen molar-refractivity contribution in [2.24, 2.45) is 0 Å². The minimum atomic E-state index is -0.590. The van der Waals surface area contributed by atoms with E-state index in [2.05, 4.69) is 13.8 Å². The third-order valence-corrected chi connectivity index (χ3v) is 2.07. The van der Waals surface area contributed by atoms with Crippen LogP contribution in [0.1, 0.15) is 47.0 Å². The van der Waals surface area contributed by atoms with Crippen molar-refractivity contribution in [3.05, 3.63) is 0 Å². The number of nitrogens with zero attached hydrogens (tertiary/aromatic N) is 1. The molecule has 15 heavy (non-hydrogen) atoms. The molecule has 4 nitrogen and oxygen atoms in total. The summed E-state index contributed by atoms with van der Waals surface area (Å²) >= 11 is 0. The number of imide groups is 1. The number of carbonyl (C=O) groups excluding carboxylic acids is 3. The van der Waals surface area contributed by atoms with Gasteiger partial charge in [0.2, 0.25) is 11.8 Å². The molecule has 1 aliphatic rings. The molecule has 1 heterocycles. The van der Waals surface area contributed by atoms with Crippen molar-refractivity contribution >= 4 is 17.6 Å². The molecule has 1 fully saturated rings. The van der Waals surface area contributed by atoms with Crippen LogP contribution in [0.15, 0.2) is 0 Å². The topological polar surface area (TPSA) is 54.5 Å². The molecule has 2 amide bonds. The molecule has 0 aromatic heterocycles. The Balaban J connectivity index is 0.000000583. The third-order valence-electron chi connectivity index (χ3n) is 2.07. The molecule has 0 spiro atoms. The van der Waals surface area contributed by atoms with Crippen molar-refractivity contribution in [1.29, 1.82) is 0 Å². The van der Waals surface area contributed by atoms with Crippen LogP contribution >= 0.6 is 0 Å². The Hall–Kier alpha value is -1.19. The van der Waals surface area contributed by atoms with Crippen molar-refractivity contribution in [3.8, 4) is 0 Å². The second-order valence-electron chi connectivity index (χ2n) is 3.65. The van der Waals surface area contributed by atoms with E-state index in [4.69, 9.17) is 0 Å². The van der Waals surface area contributed by atoms with Crippen molar-refractivity contribution < 1.29 is 14.4 Å². The van der Waals surface area contributed by atoms with Crippen molar-refractivity contribution in [3.63, 3.8) is 0 Å². The minimum absolute atomic E-state index is 0.154. The standard InChI is InChI=1S/C8H11NO3.C3H8/c1-5(6(2)10)9-7(11)3-4-8(9)12;1-3-2/h5H,3-4H2,1-2H3;3H2,1-2H3. The number of amides is 2. The summed E-state index contributed by atoms with van der Waals surface area (Å²) < 4.78 is 0. The molecule has 86 valence electrons. The lowest BCUT2D eigenvalue weighted by Crippen LogP contribution is -2.41. The molecule has 1 atom stereocenters. The van der Waals surface area contributed by atoms with E-state index in [0.29, 0.717) is 0 Å². The van der Waals surface area contributed by atoms with E-state index in [1.165, 1.54) is 13.3 Å². The van der Waals surface area contributed by atoms with Gasteiger partial charge in [-0.3, -0.25) is 19.3 Å². The molecule has 1 aliphatic heterocycles. The van der Waals surface area contributed by atoms with E-state index < -0.39 is 6.04 Å². The SMILES string of the molecule is CC(=O)C(C)N1C(=O)CCC1=O.CCC. The van der Waals surface area contributed by atoms with Crippen LogP contribution in [0.25, 0.3) is 0 Å². The zero-order chi connectivity index (χ0) is 12.0. The zero-order valence-corrected chi connectivity index (χ0v) is 9.87. The summed E-state index contributed by atoms with van der Waals surface area (Å²) in [4.78, 5) is 34.1. The van der Waals surface area contributed by atoms with Gasteiger partial charge in [-0.15, -0.1) is 0 Å². The molecule has 0 N–H and O–H groups in total. The van der Waals surface area contributed by atoms with Crippen LogP contribution in [0.5, 0.6) is 0 Å². The molecule has 0 aliphatic carbocycles. The van der Waals surface area contributed by atoms with Crippen molar-refractivity contribution in [2.45, 2.75) is 53.0 Å². The fourth-order valence-corrected chi connectivity index (χ4v) is 1.21. The Bertz CT molecular complexity index is 245. The second-order valence-corrected chi connectivity index (χ2v) is 3.65. The fourth-order valence-electron chi connectivity index (χ4n) is 1.21. The molecule has 1 unspecified atom stereocenters. The Morgan fingerprint density at radius 1 is 1.27 bits per heavy atom. The van der Waals surface area contributed by atoms with E-state index in [9.17, 15) is 14.4 Å². The quantitative estimate of drug-likeness (QED) is 0.654. The molecule has 0 bridgehead atoms. The summed E-state index contributed by atoms with van der Waals surface area (Å²) in [5.74, 6) is -0.621. The maximum atomic E-state index is 11.1. The lowest BCUT2D eigenvalue weighted by molar-refractivity contribution is -0.144. The largest absolute Gasteiger partial charge is 0.298 e. The lowest BCUT2D eigenvalue weighted by Gasteiger charge is -2.19. The number of ketones is 1. The normalized spacial score (nSPS) is 17.2. The predicted octanol–water partition coefficient (Wildman–Crippen LogP) is 1.53. The number of likely N-dealkylation sites (tertiary alicyclic amines) is 1. The van der Waals surface area contributed by atoms with Gasteiger partial charge in [0.25, 0.3) is 0 Å². The molecule has 4 heteroatoms. The highest BCUT2D eigenvalue weighted by atomic mass is 16.2. The first-order valence-corrected chi connectivity index (χ1v) is 5.31. The number of hydrogen-bond acceptors (Lipinski definition) is 3.